The number of amides is 1. The zero-order valence-corrected chi connectivity index (χ0v) is 40.4. The molecular weight excluding hydrogens is 727 g/mol. The third-order valence-corrected chi connectivity index (χ3v) is 13.2. The number of aliphatic hydroxyl groups excluding tert-OH is 3. The Morgan fingerprint density at radius 1 is 0.356 bits per heavy atom. The molecule has 0 radical (unpaired) electrons. The maximum absolute atomic E-state index is 12.5. The number of hydrogen-bond donors (Lipinski definition) is 4. The molecule has 4 N–H and O–H groups in total. The van der Waals surface area contributed by atoms with Gasteiger partial charge in [0.1, 0.15) is 0 Å². The monoisotopic (exact) mass is 836 g/mol. The quantitative estimate of drug-likeness (QED) is 0.0460. The molecule has 0 aromatic carbocycles. The van der Waals surface area contributed by atoms with Crippen LogP contribution in [0, 0.1) is 0 Å². The Labute approximate surface area is 370 Å². The van der Waals surface area contributed by atoms with E-state index < -0.39 is 18.2 Å². The van der Waals surface area contributed by atoms with Crippen molar-refractivity contribution < 1.29 is 20.1 Å². The Morgan fingerprint density at radius 2 is 0.576 bits per heavy atom. The Balaban J connectivity index is 3.49. The zero-order valence-electron chi connectivity index (χ0n) is 40.4. The fourth-order valence-electron chi connectivity index (χ4n) is 9.00. The highest BCUT2D eigenvalue weighted by Crippen LogP contribution is 2.18. The van der Waals surface area contributed by atoms with Crippen LogP contribution in [0.1, 0.15) is 316 Å². The summed E-state index contributed by atoms with van der Waals surface area (Å²) in [5.74, 6) is -0.275. The molecule has 3 atom stereocenters. The number of carbonyl (C=O) groups excluding carboxylic acids is 1. The van der Waals surface area contributed by atoms with Crippen molar-refractivity contribution >= 4 is 5.91 Å². The molecule has 0 aliphatic heterocycles. The largest absolute Gasteiger partial charge is 0.394 e. The minimum absolute atomic E-state index is 0.0435. The van der Waals surface area contributed by atoms with E-state index in [-0.39, 0.29) is 18.9 Å². The molecule has 0 saturated heterocycles. The van der Waals surface area contributed by atoms with Crippen molar-refractivity contribution in [3.8, 4) is 0 Å². The Bertz CT molecular complexity index is 792. The van der Waals surface area contributed by atoms with Crippen LogP contribution in [0.4, 0.5) is 0 Å². The third-order valence-electron chi connectivity index (χ3n) is 13.2. The second kappa shape index (κ2) is 50.0. The summed E-state index contributed by atoms with van der Waals surface area (Å²) < 4.78 is 0. The van der Waals surface area contributed by atoms with E-state index in [1.54, 1.807) is 0 Å². The Hall–Kier alpha value is -0.650. The SMILES string of the molecule is CCCCCCCCCCCCCCCCCCCCCCCCCCCC(O)CC(=O)NC(CO)C(O)CCCCCCCCCCCCCCCCCCCCC. The second-order valence-corrected chi connectivity index (χ2v) is 19.2. The van der Waals surface area contributed by atoms with E-state index in [0.717, 1.165) is 25.7 Å². The first-order valence-corrected chi connectivity index (χ1v) is 27.3. The first kappa shape index (κ1) is 58.4. The number of hydrogen-bond acceptors (Lipinski definition) is 4. The molecule has 0 aromatic rings. The van der Waals surface area contributed by atoms with Gasteiger partial charge in [0.25, 0.3) is 0 Å². The molecular formula is C54H109NO4. The predicted octanol–water partition coefficient (Wildman–Crippen LogP) is 16.6. The first-order valence-electron chi connectivity index (χ1n) is 27.3. The van der Waals surface area contributed by atoms with Crippen molar-refractivity contribution in [1.29, 1.82) is 0 Å². The maximum Gasteiger partial charge on any atom is 0.222 e. The van der Waals surface area contributed by atoms with Gasteiger partial charge < -0.3 is 20.6 Å². The lowest BCUT2D eigenvalue weighted by Gasteiger charge is -2.23. The predicted molar refractivity (Wildman–Crippen MR) is 259 cm³/mol. The molecule has 0 saturated carbocycles. The van der Waals surface area contributed by atoms with Crippen molar-refractivity contribution in [2.24, 2.45) is 0 Å². The van der Waals surface area contributed by atoms with Gasteiger partial charge in [-0.15, -0.1) is 0 Å². The van der Waals surface area contributed by atoms with Gasteiger partial charge in [0.15, 0.2) is 0 Å². The minimum Gasteiger partial charge on any atom is -0.394 e. The van der Waals surface area contributed by atoms with Gasteiger partial charge in [0.2, 0.25) is 5.91 Å². The van der Waals surface area contributed by atoms with Crippen molar-refractivity contribution in [2.45, 2.75) is 334 Å². The fraction of sp³-hybridized carbons (Fsp3) is 0.981. The first-order chi connectivity index (χ1) is 29.0. The van der Waals surface area contributed by atoms with E-state index in [1.165, 1.54) is 257 Å². The lowest BCUT2D eigenvalue weighted by Crippen LogP contribution is -2.46. The van der Waals surface area contributed by atoms with E-state index in [2.05, 4.69) is 19.2 Å². The average Bonchev–Trinajstić information content (AvgIpc) is 3.23. The molecule has 0 aromatic heterocycles. The summed E-state index contributed by atoms with van der Waals surface area (Å²) >= 11 is 0. The van der Waals surface area contributed by atoms with Gasteiger partial charge in [-0.1, -0.05) is 296 Å². The molecule has 0 fully saturated rings. The molecule has 5 heteroatoms. The van der Waals surface area contributed by atoms with E-state index in [0.29, 0.717) is 12.8 Å². The number of unbranched alkanes of at least 4 members (excludes halogenated alkanes) is 42. The van der Waals surface area contributed by atoms with Gasteiger partial charge in [-0.25, -0.2) is 0 Å². The highest BCUT2D eigenvalue weighted by Gasteiger charge is 2.21. The molecule has 0 spiro atoms. The van der Waals surface area contributed by atoms with Crippen LogP contribution in [0.2, 0.25) is 0 Å². The summed E-state index contributed by atoms with van der Waals surface area (Å²) in [5, 5.41) is 33.6. The lowest BCUT2D eigenvalue weighted by molar-refractivity contribution is -0.125. The smallest absolute Gasteiger partial charge is 0.222 e. The van der Waals surface area contributed by atoms with Gasteiger partial charge in [-0.2, -0.15) is 0 Å². The van der Waals surface area contributed by atoms with Crippen LogP contribution < -0.4 is 5.32 Å². The lowest BCUT2D eigenvalue weighted by atomic mass is 10.0. The number of nitrogens with one attached hydrogen (secondary N) is 1. The second-order valence-electron chi connectivity index (χ2n) is 19.2. The van der Waals surface area contributed by atoms with Gasteiger partial charge >= 0.3 is 0 Å². The van der Waals surface area contributed by atoms with E-state index in [1.807, 2.05) is 0 Å². The molecule has 0 heterocycles. The normalized spacial score (nSPS) is 13.2. The zero-order chi connectivity index (χ0) is 43.0. The van der Waals surface area contributed by atoms with Crippen LogP contribution in [0.15, 0.2) is 0 Å². The van der Waals surface area contributed by atoms with E-state index >= 15 is 0 Å². The van der Waals surface area contributed by atoms with Crippen molar-refractivity contribution in [2.75, 3.05) is 6.61 Å². The number of carbonyl (C=O) groups is 1. The molecule has 0 bridgehead atoms. The van der Waals surface area contributed by atoms with Crippen molar-refractivity contribution in [3.63, 3.8) is 0 Å². The third kappa shape index (κ3) is 46.7. The van der Waals surface area contributed by atoms with Gasteiger partial charge in [0.05, 0.1) is 31.3 Å². The molecule has 3 unspecified atom stereocenters. The number of rotatable bonds is 51. The van der Waals surface area contributed by atoms with Crippen LogP contribution >= 0.6 is 0 Å². The molecule has 0 aliphatic rings. The Kier molecular flexibility index (Phi) is 49.4. The summed E-state index contributed by atoms with van der Waals surface area (Å²) in [7, 11) is 0. The minimum atomic E-state index is -0.745. The van der Waals surface area contributed by atoms with Crippen LogP contribution in [0.25, 0.3) is 0 Å². The van der Waals surface area contributed by atoms with Crippen molar-refractivity contribution in [3.05, 3.63) is 0 Å². The van der Waals surface area contributed by atoms with Crippen LogP contribution in [0.5, 0.6) is 0 Å². The van der Waals surface area contributed by atoms with Gasteiger partial charge in [-0.05, 0) is 12.8 Å². The Morgan fingerprint density at radius 3 is 0.814 bits per heavy atom. The molecule has 0 aliphatic carbocycles. The summed E-state index contributed by atoms with van der Waals surface area (Å²) in [4.78, 5) is 12.5. The van der Waals surface area contributed by atoms with Crippen LogP contribution in [-0.4, -0.2) is 46.1 Å². The summed E-state index contributed by atoms with van der Waals surface area (Å²) in [6.45, 7) is 4.31. The van der Waals surface area contributed by atoms with Crippen molar-refractivity contribution in [1.82, 2.24) is 5.32 Å². The summed E-state index contributed by atoms with van der Waals surface area (Å²) in [5.41, 5.74) is 0. The molecule has 5 nitrogen and oxygen atoms in total. The van der Waals surface area contributed by atoms with Crippen LogP contribution in [0.3, 0.4) is 0 Å². The highest BCUT2D eigenvalue weighted by molar-refractivity contribution is 5.76. The summed E-state index contributed by atoms with van der Waals surface area (Å²) in [6.07, 6.45) is 59.7. The standard InChI is InChI=1S/C54H109NO4/c1-3-5-7-9-11-13-15-17-19-21-23-24-25-26-27-28-30-31-33-35-37-39-41-43-45-47-51(57)49-54(59)55-52(50-56)53(58)48-46-44-42-40-38-36-34-32-29-22-20-18-16-14-12-10-8-6-4-2/h51-53,56-58H,3-50H2,1-2H3,(H,55,59). The van der Waals surface area contributed by atoms with Gasteiger partial charge in [0, 0.05) is 0 Å². The molecule has 354 valence electrons. The van der Waals surface area contributed by atoms with E-state index in [9.17, 15) is 20.1 Å². The fourth-order valence-corrected chi connectivity index (χ4v) is 9.00. The van der Waals surface area contributed by atoms with Gasteiger partial charge in [-0.3, -0.25) is 4.79 Å². The molecule has 0 rings (SSSR count). The topological polar surface area (TPSA) is 89.8 Å². The van der Waals surface area contributed by atoms with Crippen LogP contribution in [-0.2, 0) is 4.79 Å². The molecule has 1 amide bonds. The number of aliphatic hydroxyl groups is 3. The van der Waals surface area contributed by atoms with E-state index in [4.69, 9.17) is 0 Å². The molecule has 59 heavy (non-hydrogen) atoms. The maximum atomic E-state index is 12.5. The highest BCUT2D eigenvalue weighted by atomic mass is 16.3. The average molecular weight is 836 g/mol. The summed E-state index contributed by atoms with van der Waals surface area (Å²) in [6, 6.07) is -0.654.